The molecule has 1 amide bonds. The van der Waals surface area contributed by atoms with Crippen molar-refractivity contribution in [3.05, 3.63) is 0 Å². The SMILES string of the molecule is CC.CC.CC.CCC.CCCCCCCCN(O)C(=O)CNCP(C)(C)=O. The lowest BCUT2D eigenvalue weighted by molar-refractivity contribution is -0.164. The van der Waals surface area contributed by atoms with Crippen LogP contribution in [0, 0.1) is 0 Å². The highest BCUT2D eigenvalue weighted by atomic mass is 31.2. The van der Waals surface area contributed by atoms with E-state index in [0.717, 1.165) is 24.3 Å². The molecule has 6 heteroatoms. The first-order valence-corrected chi connectivity index (χ1v) is 14.3. The normalized spacial score (nSPS) is 9.14. The van der Waals surface area contributed by atoms with Gasteiger partial charge in [-0.2, -0.15) is 0 Å². The van der Waals surface area contributed by atoms with E-state index in [1.165, 1.54) is 25.7 Å². The van der Waals surface area contributed by atoms with E-state index < -0.39 is 7.14 Å². The highest BCUT2D eigenvalue weighted by molar-refractivity contribution is 7.62. The Bertz CT molecular complexity index is 308. The second-order valence-electron chi connectivity index (χ2n) is 6.15. The van der Waals surface area contributed by atoms with E-state index >= 15 is 0 Å². The van der Waals surface area contributed by atoms with Crippen LogP contribution in [0.5, 0.6) is 0 Å². The molecule has 0 aliphatic carbocycles. The number of nitrogens with one attached hydrogen (secondary N) is 1. The molecule has 0 radical (unpaired) electrons. The monoisotopic (exact) mass is 426 g/mol. The molecular formula is C22H55N2O3P. The minimum Gasteiger partial charge on any atom is -0.323 e. The van der Waals surface area contributed by atoms with E-state index in [2.05, 4.69) is 26.1 Å². The molecule has 0 aromatic heterocycles. The van der Waals surface area contributed by atoms with Crippen molar-refractivity contribution in [1.29, 1.82) is 0 Å². The Morgan fingerprint density at radius 3 is 1.64 bits per heavy atom. The van der Waals surface area contributed by atoms with Crippen LogP contribution in [0.3, 0.4) is 0 Å². The molecule has 5 nitrogen and oxygen atoms in total. The average Bonchev–Trinajstić information content (AvgIpc) is 2.68. The molecule has 0 aliphatic rings. The maximum atomic E-state index is 11.5. The second kappa shape index (κ2) is 34.1. The van der Waals surface area contributed by atoms with Gasteiger partial charge in [-0.15, -0.1) is 0 Å². The molecule has 0 spiro atoms. The second-order valence-corrected chi connectivity index (χ2v) is 9.61. The summed E-state index contributed by atoms with van der Waals surface area (Å²) in [5.41, 5.74) is 0. The van der Waals surface area contributed by atoms with E-state index in [9.17, 15) is 14.6 Å². The van der Waals surface area contributed by atoms with Gasteiger partial charge >= 0.3 is 0 Å². The van der Waals surface area contributed by atoms with Crippen molar-refractivity contribution in [2.45, 2.75) is 107 Å². The molecule has 0 bridgehead atoms. The van der Waals surface area contributed by atoms with Gasteiger partial charge in [-0.25, -0.2) is 5.06 Å². The van der Waals surface area contributed by atoms with Gasteiger partial charge in [0.05, 0.1) is 13.7 Å². The fraction of sp³-hybridized carbons (Fsp3) is 0.955. The molecule has 0 aliphatic heterocycles. The fourth-order valence-electron chi connectivity index (χ4n) is 1.69. The first-order valence-electron chi connectivity index (χ1n) is 11.5. The highest BCUT2D eigenvalue weighted by Gasteiger charge is 2.12. The van der Waals surface area contributed by atoms with Crippen molar-refractivity contribution in [1.82, 2.24) is 10.4 Å². The van der Waals surface area contributed by atoms with E-state index in [-0.39, 0.29) is 12.5 Å². The number of amides is 1. The molecule has 0 saturated carbocycles. The summed E-state index contributed by atoms with van der Waals surface area (Å²) in [5, 5.41) is 13.1. The van der Waals surface area contributed by atoms with Crippen LogP contribution in [0.15, 0.2) is 0 Å². The van der Waals surface area contributed by atoms with Crippen LogP contribution in [-0.2, 0) is 9.36 Å². The Balaban J connectivity index is -0.000000168. The predicted octanol–water partition coefficient (Wildman–Crippen LogP) is 7.23. The van der Waals surface area contributed by atoms with Gasteiger partial charge < -0.3 is 9.88 Å². The van der Waals surface area contributed by atoms with Gasteiger partial charge in [0.25, 0.3) is 5.91 Å². The van der Waals surface area contributed by atoms with Crippen molar-refractivity contribution in [3.8, 4) is 0 Å². The Morgan fingerprint density at radius 1 is 0.857 bits per heavy atom. The maximum absolute atomic E-state index is 11.5. The van der Waals surface area contributed by atoms with Crippen LogP contribution in [0.2, 0.25) is 0 Å². The minimum atomic E-state index is -2.15. The third-order valence-corrected chi connectivity index (χ3v) is 3.77. The number of nitrogens with zero attached hydrogens (tertiary/aromatic N) is 1. The summed E-state index contributed by atoms with van der Waals surface area (Å²) in [4.78, 5) is 11.5. The van der Waals surface area contributed by atoms with E-state index in [4.69, 9.17) is 0 Å². The Kier molecular flexibility index (Phi) is 46.7. The highest BCUT2D eigenvalue weighted by Crippen LogP contribution is 2.33. The van der Waals surface area contributed by atoms with Crippen LogP contribution in [-0.4, -0.2) is 48.9 Å². The van der Waals surface area contributed by atoms with Crippen molar-refractivity contribution in [3.63, 3.8) is 0 Å². The third kappa shape index (κ3) is 44.8. The number of rotatable bonds is 11. The maximum Gasteiger partial charge on any atom is 0.259 e. The van der Waals surface area contributed by atoms with Crippen LogP contribution < -0.4 is 5.32 Å². The number of hydrogen-bond acceptors (Lipinski definition) is 4. The first-order chi connectivity index (χ1) is 13.3. The van der Waals surface area contributed by atoms with E-state index in [1.807, 2.05) is 41.5 Å². The predicted molar refractivity (Wildman–Crippen MR) is 129 cm³/mol. The van der Waals surface area contributed by atoms with Gasteiger partial charge in [0.15, 0.2) is 0 Å². The molecule has 0 atom stereocenters. The van der Waals surface area contributed by atoms with Crippen molar-refractivity contribution in [2.24, 2.45) is 0 Å². The summed E-state index contributed by atoms with van der Waals surface area (Å²) in [6.07, 6.45) is 8.28. The average molecular weight is 427 g/mol. The zero-order chi connectivity index (χ0) is 23.4. The lowest BCUT2D eigenvalue weighted by Gasteiger charge is -2.16. The zero-order valence-electron chi connectivity index (χ0n) is 21.2. The number of hydroxylamine groups is 2. The lowest BCUT2D eigenvalue weighted by Crippen LogP contribution is -2.36. The van der Waals surface area contributed by atoms with Gasteiger partial charge in [-0.1, -0.05) is 101 Å². The lowest BCUT2D eigenvalue weighted by atomic mass is 10.1. The van der Waals surface area contributed by atoms with E-state index in [0.29, 0.717) is 12.8 Å². The molecule has 0 aromatic rings. The molecular weight excluding hydrogens is 371 g/mol. The number of carbonyl (C=O) groups is 1. The van der Waals surface area contributed by atoms with Crippen LogP contribution in [0.1, 0.15) is 107 Å². The van der Waals surface area contributed by atoms with Gasteiger partial charge in [0.1, 0.15) is 0 Å². The number of hydrogen-bond donors (Lipinski definition) is 2. The number of unbranched alkanes of at least 4 members (excludes halogenated alkanes) is 5. The van der Waals surface area contributed by atoms with Gasteiger partial charge in [0.2, 0.25) is 0 Å². The van der Waals surface area contributed by atoms with Gasteiger partial charge in [-0.05, 0) is 19.8 Å². The van der Waals surface area contributed by atoms with Gasteiger partial charge in [-0.3, -0.25) is 10.0 Å². The molecule has 28 heavy (non-hydrogen) atoms. The Morgan fingerprint density at radius 2 is 1.25 bits per heavy atom. The van der Waals surface area contributed by atoms with Crippen molar-refractivity contribution < 1.29 is 14.6 Å². The molecule has 0 unspecified atom stereocenters. The molecule has 0 saturated heterocycles. The Hall–Kier alpha value is -0.380. The van der Waals surface area contributed by atoms with Crippen molar-refractivity contribution in [2.75, 3.05) is 32.7 Å². The quantitative estimate of drug-likeness (QED) is 0.158. The molecule has 0 fully saturated rings. The summed E-state index contributed by atoms with van der Waals surface area (Å²) >= 11 is 0. The largest absolute Gasteiger partial charge is 0.323 e. The number of carbonyl (C=O) groups excluding carboxylic acids is 1. The molecule has 2 N–H and O–H groups in total. The van der Waals surface area contributed by atoms with Crippen LogP contribution in [0.25, 0.3) is 0 Å². The summed E-state index contributed by atoms with van der Waals surface area (Å²) in [7, 11) is -2.15. The Labute approximate surface area is 178 Å². The fourth-order valence-corrected chi connectivity index (χ4v) is 2.34. The molecule has 176 valence electrons. The summed E-state index contributed by atoms with van der Waals surface area (Å²) in [6.45, 7) is 22.2. The van der Waals surface area contributed by atoms with Crippen LogP contribution >= 0.6 is 7.14 Å². The zero-order valence-corrected chi connectivity index (χ0v) is 22.1. The van der Waals surface area contributed by atoms with E-state index in [1.54, 1.807) is 13.3 Å². The van der Waals surface area contributed by atoms with Crippen molar-refractivity contribution >= 4 is 13.0 Å². The summed E-state index contributed by atoms with van der Waals surface area (Å²) < 4.78 is 11.4. The summed E-state index contributed by atoms with van der Waals surface area (Å²) in [6, 6.07) is 0. The summed E-state index contributed by atoms with van der Waals surface area (Å²) in [5.74, 6) is -0.359. The standard InChI is InChI=1S/C13H29N2O3P.C3H8.3C2H6/c1-4-5-6-7-8-9-10-15(17)13(16)11-14-12-19(2,3)18;1-3-2;3*1-2/h14,17H,4-12H2,1-3H3;3H2,1-2H3;3*1-2H3. The smallest absolute Gasteiger partial charge is 0.259 e. The molecule has 0 heterocycles. The molecule has 0 aromatic carbocycles. The first kappa shape index (κ1) is 38.3. The van der Waals surface area contributed by atoms with Crippen LogP contribution in [0.4, 0.5) is 0 Å². The van der Waals surface area contributed by atoms with Gasteiger partial charge in [0, 0.05) is 12.8 Å². The third-order valence-electron chi connectivity index (χ3n) is 2.78. The minimum absolute atomic E-state index is 0.0397. The molecule has 0 rings (SSSR count). The topological polar surface area (TPSA) is 69.6 Å².